The van der Waals surface area contributed by atoms with Gasteiger partial charge < -0.3 is 19.5 Å². The molecule has 1 N–H and O–H groups in total. The highest BCUT2D eigenvalue weighted by atomic mass is 16.5. The van der Waals surface area contributed by atoms with E-state index < -0.39 is 5.97 Å². The zero-order valence-corrected chi connectivity index (χ0v) is 14.5. The maximum absolute atomic E-state index is 11.9. The van der Waals surface area contributed by atoms with Gasteiger partial charge in [0.1, 0.15) is 0 Å². The summed E-state index contributed by atoms with van der Waals surface area (Å²) in [6.45, 7) is 1.55. The molecule has 1 amide bonds. The summed E-state index contributed by atoms with van der Waals surface area (Å²) in [6, 6.07) is 12.5. The molecule has 6 heteroatoms. The Morgan fingerprint density at radius 3 is 2.40 bits per heavy atom. The van der Waals surface area contributed by atoms with Gasteiger partial charge in [-0.25, -0.2) is 0 Å². The van der Waals surface area contributed by atoms with Crippen molar-refractivity contribution in [3.05, 3.63) is 53.6 Å². The lowest BCUT2D eigenvalue weighted by Crippen LogP contribution is -2.22. The van der Waals surface area contributed by atoms with Gasteiger partial charge in [0, 0.05) is 5.69 Å². The van der Waals surface area contributed by atoms with Crippen LogP contribution in [0.5, 0.6) is 11.5 Å². The summed E-state index contributed by atoms with van der Waals surface area (Å²) < 4.78 is 15.4. The third-order valence-corrected chi connectivity index (χ3v) is 3.58. The Kier molecular flexibility index (Phi) is 6.39. The zero-order valence-electron chi connectivity index (χ0n) is 14.5. The molecule has 0 radical (unpaired) electrons. The van der Waals surface area contributed by atoms with Crippen molar-refractivity contribution in [1.29, 1.82) is 0 Å². The number of benzene rings is 2. The Labute approximate surface area is 146 Å². The molecule has 0 atom stereocenters. The van der Waals surface area contributed by atoms with Gasteiger partial charge in [-0.1, -0.05) is 24.3 Å². The number of nitrogens with one attached hydrogen (secondary N) is 1. The van der Waals surface area contributed by atoms with Crippen LogP contribution in [0.25, 0.3) is 0 Å². The predicted molar refractivity (Wildman–Crippen MR) is 94.0 cm³/mol. The van der Waals surface area contributed by atoms with Crippen LogP contribution < -0.4 is 14.8 Å². The van der Waals surface area contributed by atoms with E-state index in [1.807, 2.05) is 25.1 Å². The number of hydrogen-bond acceptors (Lipinski definition) is 5. The number of amides is 1. The van der Waals surface area contributed by atoms with E-state index in [-0.39, 0.29) is 18.9 Å². The molecule has 0 saturated heterocycles. The lowest BCUT2D eigenvalue weighted by Gasteiger charge is -2.10. The molecule has 2 aromatic carbocycles. The van der Waals surface area contributed by atoms with Crippen LogP contribution in [0, 0.1) is 6.92 Å². The molecule has 0 aliphatic rings. The van der Waals surface area contributed by atoms with Crippen molar-refractivity contribution in [3.8, 4) is 11.5 Å². The van der Waals surface area contributed by atoms with Crippen molar-refractivity contribution < 1.29 is 23.8 Å². The molecule has 2 rings (SSSR count). The Morgan fingerprint density at radius 1 is 1.00 bits per heavy atom. The Bertz CT molecular complexity index is 757. The summed E-state index contributed by atoms with van der Waals surface area (Å²) in [7, 11) is 3.06. The van der Waals surface area contributed by atoms with Crippen LogP contribution in [-0.4, -0.2) is 32.7 Å². The lowest BCUT2D eigenvalue weighted by molar-refractivity contribution is -0.146. The average Bonchev–Trinajstić information content (AvgIpc) is 2.62. The van der Waals surface area contributed by atoms with Crippen molar-refractivity contribution in [2.24, 2.45) is 0 Å². The molecule has 0 spiro atoms. The lowest BCUT2D eigenvalue weighted by atomic mass is 10.1. The maximum atomic E-state index is 11.9. The van der Waals surface area contributed by atoms with Crippen molar-refractivity contribution in [2.45, 2.75) is 13.3 Å². The number of para-hydroxylation sites is 1. The van der Waals surface area contributed by atoms with Crippen molar-refractivity contribution >= 4 is 17.6 Å². The van der Waals surface area contributed by atoms with E-state index in [9.17, 15) is 9.59 Å². The van der Waals surface area contributed by atoms with Crippen LogP contribution in [0.3, 0.4) is 0 Å². The number of ether oxygens (including phenoxy) is 3. The second-order valence-corrected chi connectivity index (χ2v) is 5.39. The van der Waals surface area contributed by atoms with Crippen LogP contribution in [0.15, 0.2) is 42.5 Å². The van der Waals surface area contributed by atoms with Gasteiger partial charge >= 0.3 is 5.97 Å². The van der Waals surface area contributed by atoms with Gasteiger partial charge in [0.2, 0.25) is 0 Å². The number of methoxy groups -OCH3 is 2. The van der Waals surface area contributed by atoms with E-state index in [2.05, 4.69) is 5.32 Å². The second-order valence-electron chi connectivity index (χ2n) is 5.39. The Morgan fingerprint density at radius 2 is 1.72 bits per heavy atom. The van der Waals surface area contributed by atoms with Gasteiger partial charge in [-0.3, -0.25) is 9.59 Å². The van der Waals surface area contributed by atoms with E-state index in [0.717, 1.165) is 5.56 Å². The number of anilines is 1. The quantitative estimate of drug-likeness (QED) is 0.783. The van der Waals surface area contributed by atoms with Crippen molar-refractivity contribution in [3.63, 3.8) is 0 Å². The fraction of sp³-hybridized carbons (Fsp3) is 0.263. The first-order valence-electron chi connectivity index (χ1n) is 7.75. The number of aryl methyl sites for hydroxylation is 1. The van der Waals surface area contributed by atoms with E-state index in [1.54, 1.807) is 31.4 Å². The molecule has 0 saturated carbocycles. The molecule has 0 bridgehead atoms. The van der Waals surface area contributed by atoms with Crippen LogP contribution in [0.4, 0.5) is 5.69 Å². The first kappa shape index (κ1) is 18.3. The number of carbonyl (C=O) groups is 2. The van der Waals surface area contributed by atoms with E-state index in [4.69, 9.17) is 14.2 Å². The zero-order chi connectivity index (χ0) is 18.2. The first-order chi connectivity index (χ1) is 12.0. The highest BCUT2D eigenvalue weighted by molar-refractivity contribution is 5.93. The van der Waals surface area contributed by atoms with Gasteiger partial charge in [-0.15, -0.1) is 0 Å². The van der Waals surface area contributed by atoms with Gasteiger partial charge in [-0.05, 0) is 36.2 Å². The largest absolute Gasteiger partial charge is 0.493 e. The molecule has 2 aromatic rings. The third-order valence-electron chi connectivity index (χ3n) is 3.58. The minimum absolute atomic E-state index is 0.0397. The van der Waals surface area contributed by atoms with Gasteiger partial charge in [0.05, 0.1) is 20.6 Å². The highest BCUT2D eigenvalue weighted by Crippen LogP contribution is 2.27. The van der Waals surface area contributed by atoms with Crippen LogP contribution in [0.2, 0.25) is 0 Å². The average molecular weight is 343 g/mol. The second kappa shape index (κ2) is 8.73. The van der Waals surface area contributed by atoms with Crippen LogP contribution >= 0.6 is 0 Å². The Hall–Kier alpha value is -3.02. The van der Waals surface area contributed by atoms with Crippen molar-refractivity contribution in [2.75, 3.05) is 26.1 Å². The normalized spacial score (nSPS) is 10.0. The minimum Gasteiger partial charge on any atom is -0.493 e. The summed E-state index contributed by atoms with van der Waals surface area (Å²) in [5.41, 5.74) is 2.35. The standard InChI is InChI=1S/C19H21NO5/c1-13-6-4-5-7-15(13)20-18(21)12-25-19(22)11-14-8-9-16(23-2)17(10-14)24-3/h4-10H,11-12H2,1-3H3,(H,20,21). The fourth-order valence-corrected chi connectivity index (χ4v) is 2.25. The molecule has 0 heterocycles. The first-order valence-corrected chi connectivity index (χ1v) is 7.75. The summed E-state index contributed by atoms with van der Waals surface area (Å²) in [6.07, 6.45) is 0.0397. The molecule has 6 nitrogen and oxygen atoms in total. The predicted octanol–water partition coefficient (Wildman–Crippen LogP) is 2.74. The Balaban J connectivity index is 1.86. The smallest absolute Gasteiger partial charge is 0.310 e. The number of carbonyl (C=O) groups excluding carboxylic acids is 2. The monoisotopic (exact) mass is 343 g/mol. The fourth-order valence-electron chi connectivity index (χ4n) is 2.25. The molecule has 0 aromatic heterocycles. The summed E-state index contributed by atoms with van der Waals surface area (Å²) in [4.78, 5) is 23.8. The molecular weight excluding hydrogens is 322 g/mol. The van der Waals surface area contributed by atoms with E-state index in [1.165, 1.54) is 7.11 Å². The van der Waals surface area contributed by atoms with Gasteiger partial charge in [0.15, 0.2) is 18.1 Å². The van der Waals surface area contributed by atoms with Gasteiger partial charge in [-0.2, -0.15) is 0 Å². The molecule has 132 valence electrons. The molecule has 25 heavy (non-hydrogen) atoms. The van der Waals surface area contributed by atoms with Crippen LogP contribution in [-0.2, 0) is 20.7 Å². The van der Waals surface area contributed by atoms with E-state index in [0.29, 0.717) is 22.7 Å². The SMILES string of the molecule is COc1ccc(CC(=O)OCC(=O)Nc2ccccc2C)cc1OC. The molecule has 0 fully saturated rings. The molecular formula is C19H21NO5. The molecule has 0 unspecified atom stereocenters. The number of rotatable bonds is 7. The minimum atomic E-state index is -0.493. The molecule has 0 aliphatic carbocycles. The number of esters is 1. The van der Waals surface area contributed by atoms with Crippen molar-refractivity contribution in [1.82, 2.24) is 0 Å². The maximum Gasteiger partial charge on any atom is 0.310 e. The summed E-state index contributed by atoms with van der Waals surface area (Å²) in [5, 5.41) is 2.71. The summed E-state index contributed by atoms with van der Waals surface area (Å²) in [5.74, 6) is 0.240. The highest BCUT2D eigenvalue weighted by Gasteiger charge is 2.12. The van der Waals surface area contributed by atoms with Crippen LogP contribution in [0.1, 0.15) is 11.1 Å². The number of hydrogen-bond donors (Lipinski definition) is 1. The summed E-state index contributed by atoms with van der Waals surface area (Å²) >= 11 is 0. The van der Waals surface area contributed by atoms with E-state index >= 15 is 0 Å². The molecule has 0 aliphatic heterocycles. The van der Waals surface area contributed by atoms with Gasteiger partial charge in [0.25, 0.3) is 5.91 Å². The topological polar surface area (TPSA) is 73.9 Å². The third kappa shape index (κ3) is 5.24.